The largest absolute Gasteiger partial charge is 0.461 e. The van der Waals surface area contributed by atoms with Gasteiger partial charge in [-0.25, -0.2) is 14.4 Å². The van der Waals surface area contributed by atoms with E-state index in [1.807, 2.05) is 0 Å². The second kappa shape index (κ2) is 17.5. The smallest absolute Gasteiger partial charge is 0.407 e. The molecule has 0 aliphatic rings. The van der Waals surface area contributed by atoms with Crippen LogP contribution >= 0.6 is 12.6 Å². The highest BCUT2D eigenvalue weighted by Gasteiger charge is 2.01. The van der Waals surface area contributed by atoms with E-state index in [0.29, 0.717) is 19.1 Å². The molecular weight excluding hydrogens is 334 g/mol. The molecule has 0 unspecified atom stereocenters. The Morgan fingerprint density at radius 2 is 1.83 bits per heavy atom. The van der Waals surface area contributed by atoms with Crippen LogP contribution in [0.5, 0.6) is 0 Å². The van der Waals surface area contributed by atoms with Gasteiger partial charge in [0.1, 0.15) is 6.61 Å². The summed E-state index contributed by atoms with van der Waals surface area (Å²) in [6.07, 6.45) is 2.52. The average Bonchev–Trinajstić information content (AvgIpc) is 2.51. The second-order valence-corrected chi connectivity index (χ2v) is 5.43. The topological polar surface area (TPSA) is 120 Å². The Morgan fingerprint density at radius 1 is 1.17 bits per heavy atom. The molecule has 140 valence electrons. The van der Waals surface area contributed by atoms with Gasteiger partial charge in [-0.05, 0) is 24.5 Å². The summed E-state index contributed by atoms with van der Waals surface area (Å²) in [7, 11) is 0. The summed E-state index contributed by atoms with van der Waals surface area (Å²) in [5, 5.41) is 4.90. The van der Waals surface area contributed by atoms with Crippen LogP contribution in [0.15, 0.2) is 12.7 Å². The summed E-state index contributed by atoms with van der Waals surface area (Å²) >= 11 is 4.03. The predicted molar refractivity (Wildman–Crippen MR) is 96.0 cm³/mol. The van der Waals surface area contributed by atoms with Crippen molar-refractivity contribution in [3.05, 3.63) is 12.7 Å². The zero-order valence-electron chi connectivity index (χ0n) is 14.4. The number of carbonyl (C=O) groups is 3. The molecular formula is C15H29N3O5S. The standard InChI is InChI=1S/C9H19NO2S.C6H10N2O3/c1-8(2)4-6-12-9(11)10-5-3-7-13;1-2-5(9)11-4-3-8-6(7)10/h8,13H,3-7H2,1-2H3,(H,10,11);2H,1,3-4H2,(H3,7,8,10). The van der Waals surface area contributed by atoms with E-state index in [-0.39, 0.29) is 19.2 Å². The molecule has 0 saturated heterocycles. The Labute approximate surface area is 148 Å². The molecule has 0 bridgehead atoms. The molecule has 0 rings (SSSR count). The number of hydrogen-bond acceptors (Lipinski definition) is 6. The molecule has 4 N–H and O–H groups in total. The normalized spacial score (nSPS) is 9.33. The molecule has 0 spiro atoms. The molecule has 0 atom stereocenters. The molecule has 0 aromatic carbocycles. The van der Waals surface area contributed by atoms with Crippen LogP contribution in [-0.4, -0.2) is 50.1 Å². The van der Waals surface area contributed by atoms with Gasteiger partial charge in [-0.15, -0.1) is 0 Å². The number of ether oxygens (including phenoxy) is 2. The summed E-state index contributed by atoms with van der Waals surface area (Å²) in [5.41, 5.74) is 4.73. The summed E-state index contributed by atoms with van der Waals surface area (Å²) in [6, 6.07) is -0.639. The fourth-order valence-electron chi connectivity index (χ4n) is 1.09. The number of urea groups is 1. The summed E-state index contributed by atoms with van der Waals surface area (Å²) < 4.78 is 9.44. The summed E-state index contributed by atoms with van der Waals surface area (Å²) in [6.45, 7) is 8.86. The van der Waals surface area contributed by atoms with E-state index >= 15 is 0 Å². The zero-order chi connectivity index (χ0) is 18.8. The van der Waals surface area contributed by atoms with Crippen molar-refractivity contribution in [3.8, 4) is 0 Å². The molecule has 0 saturated carbocycles. The molecule has 0 aliphatic heterocycles. The third kappa shape index (κ3) is 22.4. The predicted octanol–water partition coefficient (Wildman–Crippen LogP) is 1.46. The van der Waals surface area contributed by atoms with Crippen LogP contribution in [0.2, 0.25) is 0 Å². The Hall–Kier alpha value is -1.90. The van der Waals surface area contributed by atoms with E-state index in [9.17, 15) is 14.4 Å². The number of nitrogens with two attached hydrogens (primary N) is 1. The first kappa shape index (κ1) is 24.4. The van der Waals surface area contributed by atoms with Crippen molar-refractivity contribution in [2.75, 3.05) is 32.1 Å². The van der Waals surface area contributed by atoms with E-state index in [1.165, 1.54) is 0 Å². The Bertz CT molecular complexity index is 378. The molecule has 9 heteroatoms. The summed E-state index contributed by atoms with van der Waals surface area (Å²) in [4.78, 5) is 31.4. The van der Waals surface area contributed by atoms with Crippen LogP contribution in [0.3, 0.4) is 0 Å². The lowest BCUT2D eigenvalue weighted by Gasteiger charge is -2.07. The number of carbonyl (C=O) groups excluding carboxylic acids is 3. The van der Waals surface area contributed by atoms with Crippen molar-refractivity contribution >= 4 is 30.7 Å². The lowest BCUT2D eigenvalue weighted by molar-refractivity contribution is -0.137. The highest BCUT2D eigenvalue weighted by Crippen LogP contribution is 1.98. The van der Waals surface area contributed by atoms with Crippen molar-refractivity contribution in [2.24, 2.45) is 11.7 Å². The Kier molecular flexibility index (Phi) is 17.7. The van der Waals surface area contributed by atoms with Crippen LogP contribution in [-0.2, 0) is 14.3 Å². The first-order valence-electron chi connectivity index (χ1n) is 7.67. The van der Waals surface area contributed by atoms with Crippen LogP contribution in [0.1, 0.15) is 26.7 Å². The van der Waals surface area contributed by atoms with Gasteiger partial charge >= 0.3 is 18.1 Å². The number of primary amides is 1. The van der Waals surface area contributed by atoms with Crippen molar-refractivity contribution in [2.45, 2.75) is 26.7 Å². The molecule has 8 nitrogen and oxygen atoms in total. The van der Waals surface area contributed by atoms with Crippen molar-refractivity contribution < 1.29 is 23.9 Å². The number of esters is 1. The van der Waals surface area contributed by atoms with Crippen LogP contribution in [0.4, 0.5) is 9.59 Å². The number of hydrogen-bond donors (Lipinski definition) is 4. The lowest BCUT2D eigenvalue weighted by Crippen LogP contribution is -2.32. The Balaban J connectivity index is 0. The van der Waals surface area contributed by atoms with E-state index in [2.05, 4.69) is 48.4 Å². The van der Waals surface area contributed by atoms with Crippen molar-refractivity contribution in [1.82, 2.24) is 10.6 Å². The summed E-state index contributed by atoms with van der Waals surface area (Å²) in [5.74, 6) is 0.841. The van der Waals surface area contributed by atoms with E-state index in [0.717, 1.165) is 24.7 Å². The second-order valence-electron chi connectivity index (χ2n) is 4.99. The van der Waals surface area contributed by atoms with E-state index < -0.39 is 12.0 Å². The van der Waals surface area contributed by atoms with Gasteiger partial charge in [-0.3, -0.25) is 0 Å². The van der Waals surface area contributed by atoms with Crippen molar-refractivity contribution in [1.29, 1.82) is 0 Å². The van der Waals surface area contributed by atoms with E-state index in [1.54, 1.807) is 0 Å². The van der Waals surface area contributed by atoms with Gasteiger partial charge in [0.2, 0.25) is 0 Å². The van der Waals surface area contributed by atoms with E-state index in [4.69, 9.17) is 10.5 Å². The van der Waals surface area contributed by atoms with Gasteiger partial charge in [0.15, 0.2) is 0 Å². The maximum atomic E-state index is 10.9. The lowest BCUT2D eigenvalue weighted by atomic mass is 10.1. The first-order valence-corrected chi connectivity index (χ1v) is 8.30. The monoisotopic (exact) mass is 363 g/mol. The third-order valence-corrected chi connectivity index (χ3v) is 2.66. The SMILES string of the molecule is C=CC(=O)OCCNC(N)=O.CC(C)CCOC(=O)NCCCS. The minimum absolute atomic E-state index is 0.105. The van der Waals surface area contributed by atoms with Gasteiger partial charge in [-0.2, -0.15) is 12.6 Å². The minimum Gasteiger partial charge on any atom is -0.461 e. The molecule has 0 heterocycles. The zero-order valence-corrected chi connectivity index (χ0v) is 15.3. The van der Waals surface area contributed by atoms with Crippen molar-refractivity contribution in [3.63, 3.8) is 0 Å². The molecule has 0 aromatic heterocycles. The Morgan fingerprint density at radius 3 is 2.33 bits per heavy atom. The molecule has 3 amide bonds. The maximum absolute atomic E-state index is 10.9. The van der Waals surface area contributed by atoms with Crippen LogP contribution < -0.4 is 16.4 Å². The van der Waals surface area contributed by atoms with Crippen LogP contribution in [0.25, 0.3) is 0 Å². The average molecular weight is 363 g/mol. The number of alkyl carbamates (subject to hydrolysis) is 1. The maximum Gasteiger partial charge on any atom is 0.407 e. The van der Waals surface area contributed by atoms with Gasteiger partial charge < -0.3 is 25.8 Å². The molecule has 0 radical (unpaired) electrons. The fraction of sp³-hybridized carbons (Fsp3) is 0.667. The quantitative estimate of drug-likeness (QED) is 0.203. The molecule has 24 heavy (non-hydrogen) atoms. The van der Waals surface area contributed by atoms with Gasteiger partial charge in [0.25, 0.3) is 0 Å². The first-order chi connectivity index (χ1) is 11.3. The van der Waals surface area contributed by atoms with Crippen LogP contribution in [0, 0.1) is 5.92 Å². The highest BCUT2D eigenvalue weighted by atomic mass is 32.1. The minimum atomic E-state index is -0.639. The van der Waals surface area contributed by atoms with Gasteiger partial charge in [0, 0.05) is 12.6 Å². The highest BCUT2D eigenvalue weighted by molar-refractivity contribution is 7.80. The number of nitrogens with one attached hydrogen (secondary N) is 2. The van der Waals surface area contributed by atoms with Gasteiger partial charge in [-0.1, -0.05) is 20.4 Å². The molecule has 0 aromatic rings. The van der Waals surface area contributed by atoms with Gasteiger partial charge in [0.05, 0.1) is 13.2 Å². The molecule has 0 fully saturated rings. The fourth-order valence-corrected chi connectivity index (χ4v) is 1.25. The molecule has 0 aliphatic carbocycles. The third-order valence-electron chi connectivity index (χ3n) is 2.34. The number of thiol groups is 1. The number of rotatable bonds is 10. The number of amides is 3.